The summed E-state index contributed by atoms with van der Waals surface area (Å²) in [5.41, 5.74) is 0.920. The van der Waals surface area contributed by atoms with E-state index in [-0.39, 0.29) is 34.5 Å². The Morgan fingerprint density at radius 1 is 0.889 bits per heavy atom. The first-order valence-electron chi connectivity index (χ1n) is 11.0. The highest BCUT2D eigenvalue weighted by Gasteiger charge is 2.35. The van der Waals surface area contributed by atoms with Gasteiger partial charge in [-0.05, 0) is 35.9 Å². The number of ether oxygens (including phenoxy) is 1. The number of benzene rings is 3. The highest BCUT2D eigenvalue weighted by molar-refractivity contribution is 5.95. The van der Waals surface area contributed by atoms with Gasteiger partial charge < -0.3 is 29.6 Å². The predicted molar refractivity (Wildman–Crippen MR) is 128 cm³/mol. The lowest BCUT2D eigenvalue weighted by atomic mass is 9.83. The number of phenolic OH excluding ortho intramolecular Hbond substituents is 3. The summed E-state index contributed by atoms with van der Waals surface area (Å²) >= 11 is 0. The Hall–Kier alpha value is -5.05. The van der Waals surface area contributed by atoms with Crippen LogP contribution in [0.4, 0.5) is 0 Å². The van der Waals surface area contributed by atoms with Crippen molar-refractivity contribution < 1.29 is 34.4 Å². The molecule has 0 saturated heterocycles. The van der Waals surface area contributed by atoms with Crippen LogP contribution in [0.5, 0.6) is 28.7 Å². The molecule has 0 saturated carbocycles. The fourth-order valence-corrected chi connectivity index (χ4v) is 4.73. The lowest BCUT2D eigenvalue weighted by Crippen LogP contribution is -2.22. The Balaban J connectivity index is 1.71. The minimum Gasteiger partial charge on any atom is -0.507 e. The average molecular weight is 483 g/mol. The quantitative estimate of drug-likeness (QED) is 0.164. The monoisotopic (exact) mass is 483 g/mol. The molecule has 5 aromatic rings. The number of hydrogen-bond acceptors (Lipinski definition) is 9. The van der Waals surface area contributed by atoms with Gasteiger partial charge >= 0.3 is 5.97 Å². The molecule has 0 aliphatic carbocycles. The van der Waals surface area contributed by atoms with Crippen molar-refractivity contribution in [3.63, 3.8) is 0 Å². The van der Waals surface area contributed by atoms with E-state index in [0.29, 0.717) is 11.1 Å². The molecule has 0 amide bonds. The smallest absolute Gasteiger partial charge is 0.312 e. The molecule has 2 aromatic heterocycles. The van der Waals surface area contributed by atoms with Gasteiger partial charge in [-0.15, -0.1) is 0 Å². The van der Waals surface area contributed by atoms with Crippen molar-refractivity contribution in [3.05, 3.63) is 82.1 Å². The molecule has 9 nitrogen and oxygen atoms in total. The Morgan fingerprint density at radius 2 is 1.69 bits per heavy atom. The van der Waals surface area contributed by atoms with Gasteiger partial charge in [0.2, 0.25) is 11.2 Å². The summed E-state index contributed by atoms with van der Waals surface area (Å²) in [4.78, 5) is 30.1. The fraction of sp³-hybridized carbons (Fsp3) is 0.0741. The highest BCUT2D eigenvalue weighted by Crippen LogP contribution is 2.48. The van der Waals surface area contributed by atoms with Crippen LogP contribution >= 0.6 is 0 Å². The summed E-state index contributed by atoms with van der Waals surface area (Å²) in [6.45, 7) is 0. The van der Waals surface area contributed by atoms with Gasteiger partial charge in [-0.3, -0.25) is 14.6 Å². The summed E-state index contributed by atoms with van der Waals surface area (Å²) < 4.78 is 11.4. The van der Waals surface area contributed by atoms with E-state index < -0.39 is 40.3 Å². The molecule has 178 valence electrons. The van der Waals surface area contributed by atoms with Gasteiger partial charge in [0, 0.05) is 34.7 Å². The van der Waals surface area contributed by atoms with Crippen LogP contribution < -0.4 is 10.2 Å². The third-order valence-corrected chi connectivity index (χ3v) is 6.36. The first kappa shape index (κ1) is 21.5. The fourth-order valence-electron chi connectivity index (χ4n) is 4.73. The summed E-state index contributed by atoms with van der Waals surface area (Å²) in [5.74, 6) is -3.61. The number of phenols is 3. The first-order chi connectivity index (χ1) is 17.3. The van der Waals surface area contributed by atoms with Gasteiger partial charge in [0.05, 0.1) is 11.9 Å². The number of nitrogens with zero attached hydrogens (tertiary/aromatic N) is 1. The molecule has 6 rings (SSSR count). The van der Waals surface area contributed by atoms with Crippen LogP contribution in [0.25, 0.3) is 33.2 Å². The van der Waals surface area contributed by atoms with Crippen LogP contribution in [0, 0.1) is 0 Å². The zero-order valence-corrected chi connectivity index (χ0v) is 18.4. The number of carbonyl (C=O) groups is 1. The number of aromatic hydroxyl groups is 4. The summed E-state index contributed by atoms with van der Waals surface area (Å²) in [7, 11) is 0. The SMILES string of the molecule is O=C1CC(c2ccnc3ccccc23)c2c(cc(O)c3c(=O)c(O)c(-c4ccc(O)c(O)c4)oc23)O1. The maximum atomic E-state index is 13.2. The molecule has 0 bridgehead atoms. The van der Waals surface area contributed by atoms with E-state index >= 15 is 0 Å². The molecule has 4 N–H and O–H groups in total. The molecule has 36 heavy (non-hydrogen) atoms. The maximum absolute atomic E-state index is 13.2. The number of fused-ring (bicyclic) bond motifs is 4. The Morgan fingerprint density at radius 3 is 2.50 bits per heavy atom. The number of esters is 1. The van der Waals surface area contributed by atoms with Crippen molar-refractivity contribution in [2.75, 3.05) is 0 Å². The largest absolute Gasteiger partial charge is 0.507 e. The Kier molecular flexibility index (Phi) is 4.62. The number of pyridine rings is 1. The van der Waals surface area contributed by atoms with E-state index in [1.54, 1.807) is 12.3 Å². The number of para-hydroxylation sites is 1. The van der Waals surface area contributed by atoms with E-state index in [1.165, 1.54) is 12.1 Å². The molecule has 1 unspecified atom stereocenters. The third kappa shape index (κ3) is 3.13. The first-order valence-corrected chi connectivity index (χ1v) is 11.0. The lowest BCUT2D eigenvalue weighted by Gasteiger charge is -2.27. The van der Waals surface area contributed by atoms with E-state index in [0.717, 1.165) is 23.1 Å². The van der Waals surface area contributed by atoms with E-state index in [4.69, 9.17) is 9.15 Å². The number of hydrogen-bond donors (Lipinski definition) is 4. The minimum absolute atomic E-state index is 0.0236. The van der Waals surface area contributed by atoms with Gasteiger partial charge in [0.15, 0.2) is 17.3 Å². The third-order valence-electron chi connectivity index (χ3n) is 6.36. The molecule has 9 heteroatoms. The molecule has 3 heterocycles. The number of rotatable bonds is 2. The Bertz CT molecular complexity index is 1780. The normalized spacial score (nSPS) is 15.1. The standard InChI is InChI=1S/C27H17NO8/c29-17-6-5-12(9-18(17)30)26-25(34)24(33)23-19(31)11-20-22(27(23)36-26)15(10-21(32)35-20)13-7-8-28-16-4-2-1-3-14(13)16/h1-9,11,15,29-31,34H,10H2. The Labute approximate surface area is 202 Å². The molecular weight excluding hydrogens is 466 g/mol. The highest BCUT2D eigenvalue weighted by atomic mass is 16.5. The average Bonchev–Trinajstić information content (AvgIpc) is 2.86. The zero-order valence-electron chi connectivity index (χ0n) is 18.4. The van der Waals surface area contributed by atoms with Crippen molar-refractivity contribution >= 4 is 27.8 Å². The van der Waals surface area contributed by atoms with Gasteiger partial charge in [0.1, 0.15) is 22.5 Å². The molecular formula is C27H17NO8. The molecule has 3 aromatic carbocycles. The van der Waals surface area contributed by atoms with E-state index in [1.807, 2.05) is 24.3 Å². The predicted octanol–water partition coefficient (Wildman–Crippen LogP) is 4.27. The van der Waals surface area contributed by atoms with E-state index in [2.05, 4.69) is 4.98 Å². The lowest BCUT2D eigenvalue weighted by molar-refractivity contribution is -0.135. The van der Waals surface area contributed by atoms with Crippen LogP contribution in [-0.4, -0.2) is 31.4 Å². The van der Waals surface area contributed by atoms with Crippen molar-refractivity contribution in [2.45, 2.75) is 12.3 Å². The van der Waals surface area contributed by atoms with Crippen LogP contribution in [0.1, 0.15) is 23.5 Å². The second-order valence-electron chi connectivity index (χ2n) is 8.47. The van der Waals surface area contributed by atoms with Gasteiger partial charge in [-0.25, -0.2) is 0 Å². The van der Waals surface area contributed by atoms with Crippen LogP contribution in [-0.2, 0) is 4.79 Å². The van der Waals surface area contributed by atoms with Crippen LogP contribution in [0.15, 0.2) is 70.0 Å². The van der Waals surface area contributed by atoms with Crippen molar-refractivity contribution in [3.8, 4) is 40.1 Å². The maximum Gasteiger partial charge on any atom is 0.312 e. The zero-order chi connectivity index (χ0) is 25.1. The van der Waals surface area contributed by atoms with Crippen molar-refractivity contribution in [1.29, 1.82) is 0 Å². The molecule has 1 aliphatic rings. The summed E-state index contributed by atoms with van der Waals surface area (Å²) in [6, 6.07) is 14.0. The minimum atomic E-state index is -0.908. The summed E-state index contributed by atoms with van der Waals surface area (Å²) in [5, 5.41) is 41.4. The van der Waals surface area contributed by atoms with Crippen molar-refractivity contribution in [2.24, 2.45) is 0 Å². The molecule has 0 fully saturated rings. The van der Waals surface area contributed by atoms with E-state index in [9.17, 15) is 30.0 Å². The number of aromatic nitrogens is 1. The molecule has 1 aliphatic heterocycles. The van der Waals surface area contributed by atoms with Crippen LogP contribution in [0.2, 0.25) is 0 Å². The van der Waals surface area contributed by atoms with Crippen molar-refractivity contribution in [1.82, 2.24) is 4.98 Å². The van der Waals surface area contributed by atoms with Crippen LogP contribution in [0.3, 0.4) is 0 Å². The van der Waals surface area contributed by atoms with Gasteiger partial charge in [-0.1, -0.05) is 18.2 Å². The molecule has 0 radical (unpaired) electrons. The second-order valence-corrected chi connectivity index (χ2v) is 8.47. The summed E-state index contributed by atoms with van der Waals surface area (Å²) in [6.07, 6.45) is 1.55. The van der Waals surface area contributed by atoms with Gasteiger partial charge in [-0.2, -0.15) is 0 Å². The molecule has 1 atom stereocenters. The molecule has 0 spiro atoms. The second kappa shape index (κ2) is 7.74. The van der Waals surface area contributed by atoms with Gasteiger partial charge in [0.25, 0.3) is 0 Å². The number of carbonyl (C=O) groups excluding carboxylic acids is 1. The topological polar surface area (TPSA) is 150 Å².